The van der Waals surface area contributed by atoms with Gasteiger partial charge in [-0.3, -0.25) is 4.40 Å². The van der Waals surface area contributed by atoms with Gasteiger partial charge in [0.1, 0.15) is 11.6 Å². The number of pyridine rings is 1. The Morgan fingerprint density at radius 1 is 1.18 bits per heavy atom. The first-order valence-corrected chi connectivity index (χ1v) is 5.45. The summed E-state index contributed by atoms with van der Waals surface area (Å²) in [5, 5.41) is 18.7. The van der Waals surface area contributed by atoms with E-state index in [1.54, 1.807) is 12.1 Å². The second kappa shape index (κ2) is 3.71. The Hall–Kier alpha value is -2.14. The van der Waals surface area contributed by atoms with Gasteiger partial charge < -0.3 is 10.8 Å². The first-order chi connectivity index (χ1) is 8.29. The molecule has 0 aliphatic carbocycles. The van der Waals surface area contributed by atoms with Crippen molar-refractivity contribution in [1.82, 2.24) is 14.6 Å². The number of hydrogen-bond acceptors (Lipinski definition) is 4. The molecule has 1 aromatic carbocycles. The van der Waals surface area contributed by atoms with Gasteiger partial charge in [-0.2, -0.15) is 0 Å². The van der Waals surface area contributed by atoms with Crippen molar-refractivity contribution in [2.24, 2.45) is 5.73 Å². The van der Waals surface area contributed by atoms with E-state index in [4.69, 9.17) is 5.73 Å². The van der Waals surface area contributed by atoms with Crippen LogP contribution < -0.4 is 5.73 Å². The van der Waals surface area contributed by atoms with Gasteiger partial charge in [0.05, 0.1) is 5.52 Å². The fourth-order valence-corrected chi connectivity index (χ4v) is 2.04. The summed E-state index contributed by atoms with van der Waals surface area (Å²) in [7, 11) is 0. The maximum atomic E-state index is 9.47. The van der Waals surface area contributed by atoms with Crippen molar-refractivity contribution in [2.75, 3.05) is 6.54 Å². The molecule has 0 amide bonds. The summed E-state index contributed by atoms with van der Waals surface area (Å²) in [6.07, 6.45) is 0.682. The summed E-state index contributed by atoms with van der Waals surface area (Å²) in [5.41, 5.74) is 7.34. The third-order valence-electron chi connectivity index (χ3n) is 2.79. The summed E-state index contributed by atoms with van der Waals surface area (Å²) in [6, 6.07) is 9.05. The van der Waals surface area contributed by atoms with Crippen LogP contribution in [0.1, 0.15) is 5.82 Å². The highest BCUT2D eigenvalue weighted by Gasteiger charge is 2.08. The minimum Gasteiger partial charge on any atom is -0.508 e. The Kier molecular flexibility index (Phi) is 2.19. The molecule has 17 heavy (non-hydrogen) atoms. The van der Waals surface area contributed by atoms with E-state index in [0.29, 0.717) is 13.0 Å². The average molecular weight is 228 g/mol. The number of hydrogen-bond donors (Lipinski definition) is 2. The zero-order valence-electron chi connectivity index (χ0n) is 9.17. The lowest BCUT2D eigenvalue weighted by Gasteiger charge is -2.04. The maximum absolute atomic E-state index is 9.47. The largest absolute Gasteiger partial charge is 0.508 e. The molecule has 2 heterocycles. The second-order valence-electron chi connectivity index (χ2n) is 3.92. The second-order valence-corrected chi connectivity index (χ2v) is 3.92. The molecular weight excluding hydrogens is 216 g/mol. The van der Waals surface area contributed by atoms with E-state index >= 15 is 0 Å². The first kappa shape index (κ1) is 10.0. The molecule has 3 aromatic rings. The molecule has 0 saturated carbocycles. The minimum absolute atomic E-state index is 0.255. The van der Waals surface area contributed by atoms with Gasteiger partial charge in [0, 0.05) is 11.8 Å². The van der Waals surface area contributed by atoms with Gasteiger partial charge in [0.15, 0.2) is 5.65 Å². The topological polar surface area (TPSA) is 76.4 Å². The van der Waals surface area contributed by atoms with Crippen LogP contribution in [0.4, 0.5) is 0 Å². The normalized spacial score (nSPS) is 11.4. The van der Waals surface area contributed by atoms with E-state index in [-0.39, 0.29) is 5.75 Å². The molecular formula is C12H12N4O. The number of nitrogens with zero attached hydrogens (tertiary/aromatic N) is 3. The number of benzene rings is 1. The van der Waals surface area contributed by atoms with Gasteiger partial charge >= 0.3 is 0 Å². The van der Waals surface area contributed by atoms with Crippen LogP contribution in [0.2, 0.25) is 0 Å². The number of nitrogens with two attached hydrogens (primary N) is 1. The molecule has 0 unspecified atom stereocenters. The lowest BCUT2D eigenvalue weighted by molar-refractivity contribution is 0.476. The summed E-state index contributed by atoms with van der Waals surface area (Å²) < 4.78 is 1.97. The van der Waals surface area contributed by atoms with Gasteiger partial charge in [0.25, 0.3) is 0 Å². The SMILES string of the molecule is NCCc1nnc2ccc3cc(O)ccc3n12. The van der Waals surface area contributed by atoms with Crippen molar-refractivity contribution >= 4 is 16.6 Å². The third-order valence-corrected chi connectivity index (χ3v) is 2.79. The van der Waals surface area contributed by atoms with E-state index in [0.717, 1.165) is 22.4 Å². The number of rotatable bonds is 2. The van der Waals surface area contributed by atoms with Gasteiger partial charge in [-0.05, 0) is 36.9 Å². The van der Waals surface area contributed by atoms with E-state index in [9.17, 15) is 5.11 Å². The lowest BCUT2D eigenvalue weighted by atomic mass is 10.2. The predicted molar refractivity (Wildman–Crippen MR) is 64.9 cm³/mol. The van der Waals surface area contributed by atoms with E-state index in [1.807, 2.05) is 22.6 Å². The highest BCUT2D eigenvalue weighted by Crippen LogP contribution is 2.21. The molecule has 3 rings (SSSR count). The van der Waals surface area contributed by atoms with Crippen LogP contribution in [0.15, 0.2) is 30.3 Å². The molecule has 0 spiro atoms. The Bertz CT molecular complexity index is 689. The minimum atomic E-state index is 0.255. The molecule has 5 nitrogen and oxygen atoms in total. The van der Waals surface area contributed by atoms with Crippen LogP contribution in [0.5, 0.6) is 5.75 Å². The predicted octanol–water partition coefficient (Wildman–Crippen LogP) is 1.09. The van der Waals surface area contributed by atoms with Crippen LogP contribution in [0.3, 0.4) is 0 Å². The van der Waals surface area contributed by atoms with Crippen molar-refractivity contribution in [3.05, 3.63) is 36.2 Å². The smallest absolute Gasteiger partial charge is 0.161 e. The summed E-state index contributed by atoms with van der Waals surface area (Å²) in [4.78, 5) is 0. The molecule has 3 N–H and O–H groups in total. The van der Waals surface area contributed by atoms with E-state index < -0.39 is 0 Å². The molecule has 0 radical (unpaired) electrons. The lowest BCUT2D eigenvalue weighted by Crippen LogP contribution is -2.06. The number of aromatic nitrogens is 3. The third kappa shape index (κ3) is 1.52. The summed E-state index contributed by atoms with van der Waals surface area (Å²) in [5.74, 6) is 1.10. The standard InChI is InChI=1S/C12H12N4O/c13-6-5-12-15-14-11-4-1-8-7-9(17)2-3-10(8)16(11)12/h1-4,7,17H,5-6,13H2. The van der Waals surface area contributed by atoms with E-state index in [1.165, 1.54) is 0 Å². The molecule has 5 heteroatoms. The van der Waals surface area contributed by atoms with Gasteiger partial charge in [-0.15, -0.1) is 10.2 Å². The van der Waals surface area contributed by atoms with Crippen molar-refractivity contribution in [2.45, 2.75) is 6.42 Å². The van der Waals surface area contributed by atoms with Crippen LogP contribution in [0, 0.1) is 0 Å². The molecule has 0 atom stereocenters. The molecule has 2 aromatic heterocycles. The van der Waals surface area contributed by atoms with Crippen LogP contribution in [-0.2, 0) is 6.42 Å². The molecule has 0 saturated heterocycles. The van der Waals surface area contributed by atoms with Crippen molar-refractivity contribution in [1.29, 1.82) is 0 Å². The fourth-order valence-electron chi connectivity index (χ4n) is 2.04. The summed E-state index contributed by atoms with van der Waals surface area (Å²) >= 11 is 0. The average Bonchev–Trinajstić information content (AvgIpc) is 2.73. The molecule has 0 aliphatic rings. The zero-order chi connectivity index (χ0) is 11.8. The quantitative estimate of drug-likeness (QED) is 0.688. The number of phenolic OH excluding ortho intramolecular Hbond substituents is 1. The zero-order valence-corrected chi connectivity index (χ0v) is 9.17. The monoisotopic (exact) mass is 228 g/mol. The van der Waals surface area contributed by atoms with E-state index in [2.05, 4.69) is 10.2 Å². The van der Waals surface area contributed by atoms with Gasteiger partial charge in [-0.1, -0.05) is 0 Å². The number of fused-ring (bicyclic) bond motifs is 3. The Balaban J connectivity index is 2.40. The molecule has 0 aliphatic heterocycles. The number of aromatic hydroxyl groups is 1. The highest BCUT2D eigenvalue weighted by molar-refractivity contribution is 5.83. The van der Waals surface area contributed by atoms with Gasteiger partial charge in [-0.25, -0.2) is 0 Å². The molecule has 0 fully saturated rings. The highest BCUT2D eigenvalue weighted by atomic mass is 16.3. The van der Waals surface area contributed by atoms with Crippen molar-refractivity contribution < 1.29 is 5.11 Å². The fraction of sp³-hybridized carbons (Fsp3) is 0.167. The maximum Gasteiger partial charge on any atom is 0.161 e. The molecule has 0 bridgehead atoms. The van der Waals surface area contributed by atoms with Crippen molar-refractivity contribution in [3.63, 3.8) is 0 Å². The first-order valence-electron chi connectivity index (χ1n) is 5.45. The number of phenols is 1. The van der Waals surface area contributed by atoms with Crippen LogP contribution in [0.25, 0.3) is 16.6 Å². The molecule has 86 valence electrons. The van der Waals surface area contributed by atoms with Crippen LogP contribution in [-0.4, -0.2) is 26.2 Å². The van der Waals surface area contributed by atoms with Gasteiger partial charge in [0.2, 0.25) is 0 Å². The Morgan fingerprint density at radius 3 is 2.88 bits per heavy atom. The Labute approximate surface area is 97.5 Å². The van der Waals surface area contributed by atoms with Crippen molar-refractivity contribution in [3.8, 4) is 5.75 Å². The Morgan fingerprint density at radius 2 is 2.06 bits per heavy atom. The summed E-state index contributed by atoms with van der Waals surface area (Å²) in [6.45, 7) is 0.537. The van der Waals surface area contributed by atoms with Crippen LogP contribution >= 0.6 is 0 Å².